The molecule has 0 aromatic carbocycles. The molecule has 1 aromatic heterocycles. The van der Waals surface area contributed by atoms with Gasteiger partial charge in [0.2, 0.25) is 0 Å². The molecule has 0 saturated heterocycles. The monoisotopic (exact) mass is 269 g/mol. The van der Waals surface area contributed by atoms with E-state index in [0.717, 1.165) is 18.0 Å². The number of nitrogens with zero attached hydrogens (tertiary/aromatic N) is 2. The maximum atomic E-state index is 5.80. The summed E-state index contributed by atoms with van der Waals surface area (Å²) in [5.74, 6) is 0.714. The Morgan fingerprint density at radius 2 is 2.00 bits per heavy atom. The fourth-order valence-corrected chi connectivity index (χ4v) is 3.19. The van der Waals surface area contributed by atoms with E-state index in [-0.39, 0.29) is 0 Å². The van der Waals surface area contributed by atoms with Crippen molar-refractivity contribution in [3.63, 3.8) is 0 Å². The molecular formula is C14H27N3S. The zero-order valence-corrected chi connectivity index (χ0v) is 13.2. The topological polar surface area (TPSA) is 42.2 Å². The lowest BCUT2D eigenvalue weighted by molar-refractivity contribution is 0.503. The van der Waals surface area contributed by atoms with E-state index in [1.54, 1.807) is 11.3 Å². The number of aryl methyl sites for hydroxylation is 1. The molecule has 4 heteroatoms. The van der Waals surface area contributed by atoms with Gasteiger partial charge in [-0.1, -0.05) is 27.2 Å². The van der Waals surface area contributed by atoms with Crippen LogP contribution in [0.1, 0.15) is 51.1 Å². The fraction of sp³-hybridized carbons (Fsp3) is 0.786. The molecule has 3 nitrogen and oxygen atoms in total. The predicted molar refractivity (Wildman–Crippen MR) is 81.3 cm³/mol. The Balaban J connectivity index is 2.82. The molecule has 0 radical (unpaired) electrons. The van der Waals surface area contributed by atoms with Gasteiger partial charge in [-0.15, -0.1) is 11.3 Å². The van der Waals surface area contributed by atoms with E-state index in [4.69, 9.17) is 10.7 Å². The Bertz CT molecular complexity index is 360. The lowest BCUT2D eigenvalue weighted by atomic mass is 10.0. The largest absolute Gasteiger partial charge is 0.348 e. The van der Waals surface area contributed by atoms with Crippen LogP contribution in [0.15, 0.2) is 0 Å². The molecule has 104 valence electrons. The van der Waals surface area contributed by atoms with Crippen molar-refractivity contribution in [1.29, 1.82) is 0 Å². The molecule has 0 bridgehead atoms. The third kappa shape index (κ3) is 3.95. The molecule has 2 N–H and O–H groups in total. The van der Waals surface area contributed by atoms with E-state index in [0.29, 0.717) is 18.5 Å². The summed E-state index contributed by atoms with van der Waals surface area (Å²) in [6.45, 7) is 9.59. The molecule has 18 heavy (non-hydrogen) atoms. The number of hydrogen-bond acceptors (Lipinski definition) is 4. The molecule has 0 saturated carbocycles. The van der Waals surface area contributed by atoms with E-state index in [9.17, 15) is 0 Å². The number of rotatable bonds is 7. The van der Waals surface area contributed by atoms with Crippen LogP contribution < -0.4 is 10.6 Å². The first-order valence-electron chi connectivity index (χ1n) is 6.91. The Morgan fingerprint density at radius 1 is 1.33 bits per heavy atom. The third-order valence-electron chi connectivity index (χ3n) is 3.21. The van der Waals surface area contributed by atoms with Gasteiger partial charge in [-0.3, -0.25) is 0 Å². The molecule has 0 aliphatic rings. The van der Waals surface area contributed by atoms with Crippen LogP contribution in [0.2, 0.25) is 0 Å². The highest BCUT2D eigenvalue weighted by Crippen LogP contribution is 2.28. The summed E-state index contributed by atoms with van der Waals surface area (Å²) < 4.78 is 0. The van der Waals surface area contributed by atoms with Crippen molar-refractivity contribution in [3.05, 3.63) is 10.6 Å². The summed E-state index contributed by atoms with van der Waals surface area (Å²) >= 11 is 1.75. The maximum absolute atomic E-state index is 5.80. The molecule has 1 rings (SSSR count). The zero-order chi connectivity index (χ0) is 13.7. The molecule has 1 heterocycles. The standard InChI is InChI=1S/C14H27N3S/c1-6-7-12-13(9-15)18-14(16-12)17(5)11(4)8-10(2)3/h10-11H,6-9,15H2,1-5H3. The molecule has 0 fully saturated rings. The van der Waals surface area contributed by atoms with Crippen molar-refractivity contribution in [2.75, 3.05) is 11.9 Å². The van der Waals surface area contributed by atoms with Gasteiger partial charge in [-0.2, -0.15) is 0 Å². The predicted octanol–water partition coefficient (Wildman–Crippen LogP) is 3.43. The minimum Gasteiger partial charge on any atom is -0.348 e. The van der Waals surface area contributed by atoms with Crippen LogP contribution in [0.25, 0.3) is 0 Å². The minimum absolute atomic E-state index is 0.524. The van der Waals surface area contributed by atoms with Crippen molar-refractivity contribution in [3.8, 4) is 0 Å². The lowest BCUT2D eigenvalue weighted by Crippen LogP contribution is -2.29. The second-order valence-corrected chi connectivity index (χ2v) is 6.47. The number of hydrogen-bond donors (Lipinski definition) is 1. The maximum Gasteiger partial charge on any atom is 0.185 e. The molecule has 0 aliphatic heterocycles. The Kier molecular flexibility index (Phi) is 6.09. The molecule has 1 unspecified atom stereocenters. The SMILES string of the molecule is CCCc1nc(N(C)C(C)CC(C)C)sc1CN. The summed E-state index contributed by atoms with van der Waals surface area (Å²) in [6, 6.07) is 0.524. The van der Waals surface area contributed by atoms with E-state index in [1.165, 1.54) is 17.0 Å². The van der Waals surface area contributed by atoms with Crippen LogP contribution >= 0.6 is 11.3 Å². The average Bonchev–Trinajstić information content (AvgIpc) is 2.70. The van der Waals surface area contributed by atoms with Crippen molar-refractivity contribution in [1.82, 2.24) is 4.98 Å². The summed E-state index contributed by atoms with van der Waals surface area (Å²) in [5, 5.41) is 1.12. The number of anilines is 1. The van der Waals surface area contributed by atoms with Crippen molar-refractivity contribution in [2.24, 2.45) is 11.7 Å². The normalized spacial score (nSPS) is 13.1. The summed E-state index contributed by atoms with van der Waals surface area (Å²) in [5.41, 5.74) is 7.00. The smallest absolute Gasteiger partial charge is 0.185 e. The Morgan fingerprint density at radius 3 is 2.50 bits per heavy atom. The number of thiazole rings is 1. The quantitative estimate of drug-likeness (QED) is 0.824. The van der Waals surface area contributed by atoms with Gasteiger partial charge in [0.1, 0.15) is 0 Å². The Labute approximate surface area is 115 Å². The molecule has 0 spiro atoms. The summed E-state index contributed by atoms with van der Waals surface area (Å²) in [4.78, 5) is 8.30. The van der Waals surface area contributed by atoms with Gasteiger partial charge in [-0.05, 0) is 25.7 Å². The zero-order valence-electron chi connectivity index (χ0n) is 12.4. The van der Waals surface area contributed by atoms with Crippen LogP contribution in [0.3, 0.4) is 0 Å². The molecule has 0 aliphatic carbocycles. The van der Waals surface area contributed by atoms with E-state index in [1.807, 2.05) is 0 Å². The van der Waals surface area contributed by atoms with Gasteiger partial charge in [0.25, 0.3) is 0 Å². The van der Waals surface area contributed by atoms with Gasteiger partial charge < -0.3 is 10.6 Å². The van der Waals surface area contributed by atoms with Crippen LogP contribution in [-0.4, -0.2) is 18.1 Å². The van der Waals surface area contributed by atoms with Crippen molar-refractivity contribution >= 4 is 16.5 Å². The van der Waals surface area contributed by atoms with Crippen molar-refractivity contribution in [2.45, 2.75) is 59.5 Å². The highest BCUT2D eigenvalue weighted by atomic mass is 32.1. The summed E-state index contributed by atoms with van der Waals surface area (Å²) in [7, 11) is 2.14. The first-order valence-corrected chi connectivity index (χ1v) is 7.72. The highest BCUT2D eigenvalue weighted by Gasteiger charge is 2.17. The van der Waals surface area contributed by atoms with Gasteiger partial charge in [0.05, 0.1) is 5.69 Å². The van der Waals surface area contributed by atoms with E-state index >= 15 is 0 Å². The third-order valence-corrected chi connectivity index (χ3v) is 4.43. The molecule has 1 aromatic rings. The first-order chi connectivity index (χ1) is 8.49. The lowest BCUT2D eigenvalue weighted by Gasteiger charge is -2.25. The molecule has 1 atom stereocenters. The second-order valence-electron chi connectivity index (χ2n) is 5.41. The number of aromatic nitrogens is 1. The average molecular weight is 269 g/mol. The van der Waals surface area contributed by atoms with E-state index in [2.05, 4.69) is 39.6 Å². The van der Waals surface area contributed by atoms with E-state index < -0.39 is 0 Å². The second kappa shape index (κ2) is 7.10. The van der Waals surface area contributed by atoms with Gasteiger partial charge in [0, 0.05) is 24.5 Å². The van der Waals surface area contributed by atoms with Gasteiger partial charge >= 0.3 is 0 Å². The molecular weight excluding hydrogens is 242 g/mol. The highest BCUT2D eigenvalue weighted by molar-refractivity contribution is 7.15. The van der Waals surface area contributed by atoms with Crippen LogP contribution in [0, 0.1) is 5.92 Å². The van der Waals surface area contributed by atoms with Gasteiger partial charge in [0.15, 0.2) is 5.13 Å². The van der Waals surface area contributed by atoms with Crippen LogP contribution in [0.4, 0.5) is 5.13 Å². The number of nitrogens with two attached hydrogens (primary N) is 1. The summed E-state index contributed by atoms with van der Waals surface area (Å²) in [6.07, 6.45) is 3.36. The van der Waals surface area contributed by atoms with Crippen LogP contribution in [0.5, 0.6) is 0 Å². The van der Waals surface area contributed by atoms with Crippen molar-refractivity contribution < 1.29 is 0 Å². The van der Waals surface area contributed by atoms with Crippen LogP contribution in [-0.2, 0) is 13.0 Å². The minimum atomic E-state index is 0.524. The fourth-order valence-electron chi connectivity index (χ4n) is 2.14. The van der Waals surface area contributed by atoms with Gasteiger partial charge in [-0.25, -0.2) is 4.98 Å². The molecule has 0 amide bonds. The Hall–Kier alpha value is -0.610. The first kappa shape index (κ1) is 15.4.